The maximum Gasteiger partial charge on any atom is 0.245 e. The lowest BCUT2D eigenvalue weighted by Crippen LogP contribution is -2.34. The number of nitrogens with zero attached hydrogens (tertiary/aromatic N) is 3. The third kappa shape index (κ3) is 2.57. The average Bonchev–Trinajstić information content (AvgIpc) is 3.17. The van der Waals surface area contributed by atoms with Gasteiger partial charge < -0.3 is 34.4 Å². The third-order valence-electron chi connectivity index (χ3n) is 3.99. The summed E-state index contributed by atoms with van der Waals surface area (Å²) < 4.78 is 28.7. The molecule has 10 nitrogen and oxygen atoms in total. The number of hydrogen-bond acceptors (Lipinski definition) is 9. The van der Waals surface area contributed by atoms with Crippen molar-refractivity contribution in [3.05, 3.63) is 6.33 Å². The maximum absolute atomic E-state index is 5.92. The number of anilines is 1. The summed E-state index contributed by atoms with van der Waals surface area (Å²) in [6.07, 6.45) is 0.0389. The Bertz CT molecular complexity index is 750. The lowest BCUT2D eigenvalue weighted by Gasteiger charge is -2.23. The number of nitrogens with one attached hydrogen (secondary N) is 1. The molecule has 0 aromatic carbocycles. The molecule has 0 bridgehead atoms. The molecule has 2 aromatic heterocycles. The topological polar surface area (TPSA) is 127 Å². The highest BCUT2D eigenvalue weighted by Crippen LogP contribution is 2.39. The van der Waals surface area contributed by atoms with E-state index in [-0.39, 0.29) is 30.9 Å². The molecule has 130 valence electrons. The minimum Gasteiger partial charge on any atom is -0.473 e. The predicted octanol–water partition coefficient (Wildman–Crippen LogP) is 0.205. The van der Waals surface area contributed by atoms with Gasteiger partial charge >= 0.3 is 0 Å². The van der Waals surface area contributed by atoms with Crippen LogP contribution in [0.25, 0.3) is 11.2 Å². The second kappa shape index (κ2) is 5.52. The smallest absolute Gasteiger partial charge is 0.245 e. The molecule has 0 aliphatic carbocycles. The van der Waals surface area contributed by atoms with Crippen molar-refractivity contribution in [3.63, 3.8) is 0 Å². The summed E-state index contributed by atoms with van der Waals surface area (Å²) in [5.41, 5.74) is 6.70. The first-order valence-corrected chi connectivity index (χ1v) is 7.60. The van der Waals surface area contributed by atoms with Crippen LogP contribution >= 0.6 is 0 Å². The molecule has 4 heterocycles. The van der Waals surface area contributed by atoms with E-state index in [1.165, 1.54) is 6.33 Å². The van der Waals surface area contributed by atoms with E-state index in [0.29, 0.717) is 17.0 Å². The van der Waals surface area contributed by atoms with Gasteiger partial charge in [-0.1, -0.05) is 0 Å². The number of H-pyrrole nitrogens is 1. The van der Waals surface area contributed by atoms with Gasteiger partial charge in [0.05, 0.1) is 6.33 Å². The number of nitrogen functional groups attached to an aromatic ring is 1. The highest BCUT2D eigenvalue weighted by atomic mass is 16.8. The average molecular weight is 337 g/mol. The van der Waals surface area contributed by atoms with Crippen LogP contribution in [0.3, 0.4) is 0 Å². The van der Waals surface area contributed by atoms with E-state index >= 15 is 0 Å². The number of hydrogen-bond donors (Lipinski definition) is 2. The van der Waals surface area contributed by atoms with Crippen LogP contribution in [0, 0.1) is 0 Å². The monoisotopic (exact) mass is 337 g/mol. The van der Waals surface area contributed by atoms with Crippen molar-refractivity contribution in [3.8, 4) is 5.88 Å². The second-order valence-electron chi connectivity index (χ2n) is 6.14. The molecule has 3 unspecified atom stereocenters. The molecule has 3 N–H and O–H groups in total. The lowest BCUT2D eigenvalue weighted by atomic mass is 10.1. The van der Waals surface area contributed by atoms with Crippen molar-refractivity contribution in [1.82, 2.24) is 19.9 Å². The van der Waals surface area contributed by atoms with Crippen molar-refractivity contribution in [2.24, 2.45) is 0 Å². The zero-order valence-corrected chi connectivity index (χ0v) is 13.6. The van der Waals surface area contributed by atoms with E-state index in [4.69, 9.17) is 29.4 Å². The van der Waals surface area contributed by atoms with Crippen LogP contribution in [-0.4, -0.2) is 64.0 Å². The second-order valence-corrected chi connectivity index (χ2v) is 6.14. The Balaban J connectivity index is 1.52. The molecule has 2 aliphatic heterocycles. The molecule has 24 heavy (non-hydrogen) atoms. The SMILES string of the molecule is COC1O[C@H](COc2nc(N)nc3nc[nH]c23)C2OC(C)(C)OC12. The van der Waals surface area contributed by atoms with E-state index in [1.807, 2.05) is 13.8 Å². The predicted molar refractivity (Wildman–Crippen MR) is 81.1 cm³/mol. The molecule has 10 heteroatoms. The van der Waals surface area contributed by atoms with Crippen molar-refractivity contribution in [2.45, 2.75) is 44.2 Å². The molecular weight excluding hydrogens is 318 g/mol. The molecule has 2 aromatic rings. The summed E-state index contributed by atoms with van der Waals surface area (Å²) in [4.78, 5) is 15.1. The highest BCUT2D eigenvalue weighted by Gasteiger charge is 2.55. The summed E-state index contributed by atoms with van der Waals surface area (Å²) in [6.45, 7) is 3.91. The van der Waals surface area contributed by atoms with Crippen LogP contribution in [-0.2, 0) is 18.9 Å². The zero-order valence-electron chi connectivity index (χ0n) is 13.6. The first-order valence-electron chi connectivity index (χ1n) is 7.60. The van der Waals surface area contributed by atoms with Crippen LogP contribution in [0.4, 0.5) is 5.95 Å². The Kier molecular flexibility index (Phi) is 3.57. The molecule has 0 amide bonds. The number of ether oxygens (including phenoxy) is 5. The number of imidazole rings is 1. The molecular formula is C14H19N5O5. The van der Waals surface area contributed by atoms with Crippen LogP contribution in [0.5, 0.6) is 5.88 Å². The van der Waals surface area contributed by atoms with Crippen molar-refractivity contribution in [2.75, 3.05) is 19.5 Å². The lowest BCUT2D eigenvalue weighted by molar-refractivity contribution is -0.229. The Morgan fingerprint density at radius 1 is 1.29 bits per heavy atom. The molecule has 2 saturated heterocycles. The van der Waals surface area contributed by atoms with Crippen molar-refractivity contribution < 1.29 is 23.7 Å². The van der Waals surface area contributed by atoms with Crippen LogP contribution in [0.1, 0.15) is 13.8 Å². The van der Waals surface area contributed by atoms with Gasteiger partial charge in [-0.3, -0.25) is 0 Å². The maximum atomic E-state index is 5.92. The molecule has 0 spiro atoms. The molecule has 0 radical (unpaired) electrons. The summed E-state index contributed by atoms with van der Waals surface area (Å²) in [5.74, 6) is -0.287. The fourth-order valence-electron chi connectivity index (χ4n) is 3.05. The first kappa shape index (κ1) is 15.5. The van der Waals surface area contributed by atoms with Gasteiger partial charge in [-0.15, -0.1) is 0 Å². The van der Waals surface area contributed by atoms with Crippen molar-refractivity contribution >= 4 is 17.1 Å². The fraction of sp³-hybridized carbons (Fsp3) is 0.643. The Hall–Kier alpha value is -2.01. The number of aromatic amines is 1. The highest BCUT2D eigenvalue weighted by molar-refractivity contribution is 5.76. The van der Waals surface area contributed by atoms with E-state index < -0.39 is 12.1 Å². The standard InChI is InChI=1S/C14H19N5O5/c1-14(2)23-8-6(22-12(20-3)9(8)24-14)4-21-11-7-10(17-5-16-7)18-13(15)19-11/h5-6,8-9,12H,4H2,1-3H3,(H3,15,16,17,18,19)/t6-,8?,9?,12?/m1/s1. The number of nitrogens with two attached hydrogens (primary N) is 1. The van der Waals surface area contributed by atoms with Crippen molar-refractivity contribution in [1.29, 1.82) is 0 Å². The van der Waals surface area contributed by atoms with Gasteiger partial charge in [0.25, 0.3) is 0 Å². The minimum atomic E-state index is -0.690. The van der Waals surface area contributed by atoms with E-state index in [1.54, 1.807) is 7.11 Å². The van der Waals surface area contributed by atoms with E-state index in [0.717, 1.165) is 0 Å². The fourth-order valence-corrected chi connectivity index (χ4v) is 3.05. The Labute approximate surface area is 137 Å². The van der Waals surface area contributed by atoms with Gasteiger partial charge in [-0.05, 0) is 13.8 Å². The molecule has 4 atom stereocenters. The first-order chi connectivity index (χ1) is 11.5. The minimum absolute atomic E-state index is 0.0890. The zero-order chi connectivity index (χ0) is 16.9. The summed E-state index contributed by atoms with van der Waals surface area (Å²) in [7, 11) is 1.57. The Morgan fingerprint density at radius 2 is 2.08 bits per heavy atom. The summed E-state index contributed by atoms with van der Waals surface area (Å²) in [6, 6.07) is 0. The quantitative estimate of drug-likeness (QED) is 0.804. The normalized spacial score (nSPS) is 31.5. The van der Waals surface area contributed by atoms with E-state index in [2.05, 4.69) is 19.9 Å². The molecule has 2 aliphatic rings. The van der Waals surface area contributed by atoms with E-state index in [9.17, 15) is 0 Å². The van der Waals surface area contributed by atoms with Gasteiger partial charge in [-0.2, -0.15) is 9.97 Å². The summed E-state index contributed by atoms with van der Waals surface area (Å²) >= 11 is 0. The van der Waals surface area contributed by atoms with Crippen LogP contribution < -0.4 is 10.5 Å². The number of aromatic nitrogens is 4. The van der Waals surface area contributed by atoms with Gasteiger partial charge in [-0.25, -0.2) is 4.98 Å². The molecule has 0 saturated carbocycles. The van der Waals surface area contributed by atoms with Gasteiger partial charge in [0.15, 0.2) is 17.7 Å². The van der Waals surface area contributed by atoms with Crippen LogP contribution in [0.15, 0.2) is 6.33 Å². The molecule has 2 fully saturated rings. The number of methoxy groups -OCH3 is 1. The Morgan fingerprint density at radius 3 is 2.88 bits per heavy atom. The van der Waals surface area contributed by atoms with Gasteiger partial charge in [0, 0.05) is 7.11 Å². The van der Waals surface area contributed by atoms with Gasteiger partial charge in [0.1, 0.15) is 30.4 Å². The number of fused-ring (bicyclic) bond motifs is 2. The van der Waals surface area contributed by atoms with Gasteiger partial charge in [0.2, 0.25) is 11.8 Å². The third-order valence-corrected chi connectivity index (χ3v) is 3.99. The number of rotatable bonds is 4. The molecule has 4 rings (SSSR count). The van der Waals surface area contributed by atoms with Crippen LogP contribution in [0.2, 0.25) is 0 Å². The summed E-state index contributed by atoms with van der Waals surface area (Å²) in [5, 5.41) is 0. The largest absolute Gasteiger partial charge is 0.473 e.